The minimum atomic E-state index is -0.178. The summed E-state index contributed by atoms with van der Waals surface area (Å²) in [6.07, 6.45) is 7.07. The number of hydrogen-bond acceptors (Lipinski definition) is 7. The van der Waals surface area contributed by atoms with Crippen molar-refractivity contribution in [2.24, 2.45) is 0 Å². The van der Waals surface area contributed by atoms with Gasteiger partial charge in [0, 0.05) is 24.9 Å². The summed E-state index contributed by atoms with van der Waals surface area (Å²) in [5.41, 5.74) is 3.24. The number of H-pyrrole nitrogens is 1. The van der Waals surface area contributed by atoms with Gasteiger partial charge in [-0.15, -0.1) is 0 Å². The Hall–Kier alpha value is -3.76. The van der Waals surface area contributed by atoms with Crippen LogP contribution >= 0.6 is 11.6 Å². The molecule has 0 aliphatic carbocycles. The van der Waals surface area contributed by atoms with Gasteiger partial charge in [0.2, 0.25) is 0 Å². The van der Waals surface area contributed by atoms with Gasteiger partial charge < -0.3 is 14.6 Å². The van der Waals surface area contributed by atoms with Gasteiger partial charge in [-0.3, -0.25) is 9.36 Å². The van der Waals surface area contributed by atoms with Crippen LogP contribution in [0.5, 0.6) is 0 Å². The van der Waals surface area contributed by atoms with E-state index in [0.29, 0.717) is 46.2 Å². The molecular weight excluding hydrogens is 444 g/mol. The highest BCUT2D eigenvalue weighted by Crippen LogP contribution is 2.40. The topological polar surface area (TPSA) is 106 Å². The van der Waals surface area contributed by atoms with Crippen LogP contribution in [0.3, 0.4) is 0 Å². The fraction of sp³-hybridized carbons (Fsp3) is 0.227. The number of aromatic amines is 1. The number of aromatic nitrogens is 7. The van der Waals surface area contributed by atoms with Gasteiger partial charge in [-0.05, 0) is 36.2 Å². The highest BCUT2D eigenvalue weighted by atomic mass is 35.5. The van der Waals surface area contributed by atoms with Gasteiger partial charge in [0.25, 0.3) is 5.56 Å². The van der Waals surface area contributed by atoms with E-state index >= 15 is 0 Å². The lowest BCUT2D eigenvalue weighted by Gasteiger charge is -2.27. The van der Waals surface area contributed by atoms with Crippen LogP contribution in [0.1, 0.15) is 18.0 Å². The highest BCUT2D eigenvalue weighted by molar-refractivity contribution is 6.30. The van der Waals surface area contributed by atoms with Crippen LogP contribution in [0.4, 0.5) is 5.82 Å². The van der Waals surface area contributed by atoms with Crippen molar-refractivity contribution in [3.8, 4) is 5.69 Å². The van der Waals surface area contributed by atoms with E-state index < -0.39 is 0 Å². The fourth-order valence-corrected chi connectivity index (χ4v) is 4.73. The molecule has 1 aliphatic heterocycles. The Morgan fingerprint density at radius 1 is 1.21 bits per heavy atom. The second-order valence-electron chi connectivity index (χ2n) is 7.91. The molecule has 0 radical (unpaired) electrons. The highest BCUT2D eigenvalue weighted by Gasteiger charge is 2.37. The van der Waals surface area contributed by atoms with E-state index in [1.165, 1.54) is 12.7 Å². The Morgan fingerprint density at radius 2 is 2.12 bits per heavy atom. The van der Waals surface area contributed by atoms with E-state index in [4.69, 9.17) is 16.3 Å². The minimum absolute atomic E-state index is 0.0227. The maximum Gasteiger partial charge on any atom is 0.282 e. The van der Waals surface area contributed by atoms with Crippen molar-refractivity contribution in [3.05, 3.63) is 76.5 Å². The van der Waals surface area contributed by atoms with Gasteiger partial charge in [-0.25, -0.2) is 19.5 Å². The Balaban J connectivity index is 1.54. The molecule has 1 fully saturated rings. The molecule has 5 aromatic rings. The average molecular weight is 463 g/mol. The summed E-state index contributed by atoms with van der Waals surface area (Å²) in [5, 5.41) is 4.91. The second kappa shape index (κ2) is 7.68. The average Bonchev–Trinajstić information content (AvgIpc) is 3.58. The van der Waals surface area contributed by atoms with E-state index in [1.54, 1.807) is 46.9 Å². The predicted octanol–water partition coefficient (Wildman–Crippen LogP) is 2.77. The number of nitrogens with zero attached hydrogens (tertiary/aromatic N) is 7. The molecule has 1 N–H and O–H groups in total. The summed E-state index contributed by atoms with van der Waals surface area (Å²) in [6, 6.07) is 8.98. The molecule has 11 heteroatoms. The quantitative estimate of drug-likeness (QED) is 0.437. The Bertz CT molecular complexity index is 1540. The summed E-state index contributed by atoms with van der Waals surface area (Å²) >= 11 is 6.38. The molecule has 0 bridgehead atoms. The van der Waals surface area contributed by atoms with Gasteiger partial charge in [0.15, 0.2) is 11.5 Å². The number of ether oxygens (including phenoxy) is 1. The second-order valence-corrected chi connectivity index (χ2v) is 8.34. The lowest BCUT2D eigenvalue weighted by atomic mass is 10.0. The van der Waals surface area contributed by atoms with Crippen LogP contribution < -0.4 is 10.5 Å². The van der Waals surface area contributed by atoms with E-state index in [9.17, 15) is 4.79 Å². The molecule has 0 spiro atoms. The Kier molecular flexibility index (Phi) is 4.63. The summed E-state index contributed by atoms with van der Waals surface area (Å²) in [7, 11) is 1.70. The number of rotatable bonds is 4. The van der Waals surface area contributed by atoms with Crippen LogP contribution in [0.15, 0.2) is 60.3 Å². The molecule has 2 atom stereocenters. The summed E-state index contributed by atoms with van der Waals surface area (Å²) in [5.74, 6) is 0.708. The molecule has 33 heavy (non-hydrogen) atoms. The molecule has 5 heterocycles. The maximum absolute atomic E-state index is 13.3. The van der Waals surface area contributed by atoms with Crippen LogP contribution in [-0.2, 0) is 4.74 Å². The third-order valence-corrected chi connectivity index (χ3v) is 6.37. The number of benzene rings is 1. The lowest BCUT2D eigenvalue weighted by molar-refractivity contribution is 0.118. The molecule has 1 aromatic carbocycles. The van der Waals surface area contributed by atoms with Crippen LogP contribution in [-0.4, -0.2) is 53.9 Å². The van der Waals surface area contributed by atoms with E-state index in [1.807, 2.05) is 12.1 Å². The number of methoxy groups -OCH3 is 1. The Labute approximate surface area is 192 Å². The first-order valence-electron chi connectivity index (χ1n) is 10.4. The van der Waals surface area contributed by atoms with Crippen molar-refractivity contribution >= 4 is 34.1 Å². The number of hydrogen-bond donors (Lipinski definition) is 1. The van der Waals surface area contributed by atoms with Gasteiger partial charge in [0.1, 0.15) is 23.7 Å². The zero-order valence-corrected chi connectivity index (χ0v) is 18.3. The number of imidazole rings is 1. The van der Waals surface area contributed by atoms with Crippen molar-refractivity contribution in [1.29, 1.82) is 0 Å². The summed E-state index contributed by atoms with van der Waals surface area (Å²) in [6.45, 7) is 0.618. The van der Waals surface area contributed by atoms with Crippen molar-refractivity contribution in [3.63, 3.8) is 0 Å². The summed E-state index contributed by atoms with van der Waals surface area (Å²) < 4.78 is 8.82. The van der Waals surface area contributed by atoms with Crippen molar-refractivity contribution in [2.45, 2.75) is 18.6 Å². The third-order valence-electron chi connectivity index (χ3n) is 6.13. The monoisotopic (exact) mass is 462 g/mol. The number of nitrogens with one attached hydrogen (secondary N) is 1. The molecular formula is C22H19ClN8O2. The van der Waals surface area contributed by atoms with Gasteiger partial charge in [-0.2, -0.15) is 5.10 Å². The molecule has 1 aliphatic rings. The van der Waals surface area contributed by atoms with Gasteiger partial charge >= 0.3 is 0 Å². The molecule has 10 nitrogen and oxygen atoms in total. The van der Waals surface area contributed by atoms with Crippen molar-refractivity contribution in [1.82, 2.24) is 34.1 Å². The molecule has 0 amide bonds. The van der Waals surface area contributed by atoms with Crippen LogP contribution in [0.2, 0.25) is 5.02 Å². The van der Waals surface area contributed by atoms with E-state index in [-0.39, 0.29) is 17.7 Å². The van der Waals surface area contributed by atoms with Crippen molar-refractivity contribution < 1.29 is 4.74 Å². The molecule has 0 saturated carbocycles. The number of fused-ring (bicyclic) bond motifs is 2. The first kappa shape index (κ1) is 19.9. The number of halogens is 1. The molecule has 6 rings (SSSR count). The smallest absolute Gasteiger partial charge is 0.282 e. The zero-order chi connectivity index (χ0) is 22.5. The van der Waals surface area contributed by atoms with Crippen LogP contribution in [0, 0.1) is 0 Å². The SMILES string of the molecule is CO[C@@H]1C[C@@H](c2ccc(Cl)cc2-n2cnn3cccc3c2=O)N(c2ncnc3[nH]cnc23)C1. The van der Waals surface area contributed by atoms with E-state index in [2.05, 4.69) is 29.9 Å². The lowest BCUT2D eigenvalue weighted by Crippen LogP contribution is -2.28. The normalized spacial score (nSPS) is 18.5. The molecule has 166 valence electrons. The fourth-order valence-electron chi connectivity index (χ4n) is 4.56. The first-order chi connectivity index (χ1) is 16.1. The molecule has 0 unspecified atom stereocenters. The van der Waals surface area contributed by atoms with Gasteiger partial charge in [-0.1, -0.05) is 17.7 Å². The standard InChI is InChI=1S/C22H19ClN8O2/c1-33-14-8-18(29(9-14)21-19-20(25-10-24-19)26-11-27-21)15-5-4-13(23)7-17(15)30-12-28-31-6-2-3-16(31)22(30)32/h2-7,10-12,14,18H,8-9H2,1H3,(H,24,25,26,27)/t14-,18+/m1/s1. The van der Waals surface area contributed by atoms with Crippen LogP contribution in [0.25, 0.3) is 22.4 Å². The maximum atomic E-state index is 13.3. The van der Waals surface area contributed by atoms with Crippen molar-refractivity contribution in [2.75, 3.05) is 18.6 Å². The third kappa shape index (κ3) is 3.18. The minimum Gasteiger partial charge on any atom is -0.380 e. The largest absolute Gasteiger partial charge is 0.380 e. The van der Waals surface area contributed by atoms with E-state index in [0.717, 1.165) is 5.56 Å². The summed E-state index contributed by atoms with van der Waals surface area (Å²) in [4.78, 5) is 31.7. The zero-order valence-electron chi connectivity index (χ0n) is 17.6. The van der Waals surface area contributed by atoms with Gasteiger partial charge in [0.05, 0.1) is 24.2 Å². The Morgan fingerprint density at radius 3 is 3.00 bits per heavy atom. The molecule has 4 aromatic heterocycles. The first-order valence-corrected chi connectivity index (χ1v) is 10.8. The molecule has 1 saturated heterocycles. The number of anilines is 1. The predicted molar refractivity (Wildman–Crippen MR) is 123 cm³/mol.